The fraction of sp³-hybridized carbons (Fsp3) is 0.562. The number of nitrogens with one attached hydrogen (secondary N) is 1. The minimum Gasteiger partial charge on any atom is -0.393 e. The van der Waals surface area contributed by atoms with Crippen molar-refractivity contribution in [3.8, 4) is 0 Å². The normalized spacial score (nSPS) is 21.8. The SMILES string of the molecule is Cc1c(Cl)cccc1NC(=O)CN(C)CC1CCCC1O. The van der Waals surface area contributed by atoms with Crippen LogP contribution in [0, 0.1) is 12.8 Å². The zero-order valence-electron chi connectivity index (χ0n) is 12.6. The highest BCUT2D eigenvalue weighted by atomic mass is 35.5. The third-order valence-corrected chi connectivity index (χ3v) is 4.53. The largest absolute Gasteiger partial charge is 0.393 e. The highest BCUT2D eigenvalue weighted by Crippen LogP contribution is 2.26. The van der Waals surface area contributed by atoms with Crippen LogP contribution in [0.5, 0.6) is 0 Å². The number of benzene rings is 1. The minimum atomic E-state index is -0.217. The molecule has 0 aromatic heterocycles. The van der Waals surface area contributed by atoms with Crippen LogP contribution >= 0.6 is 11.6 Å². The van der Waals surface area contributed by atoms with Gasteiger partial charge in [0.05, 0.1) is 12.6 Å². The maximum Gasteiger partial charge on any atom is 0.238 e. The summed E-state index contributed by atoms with van der Waals surface area (Å²) in [5.74, 6) is 0.228. The van der Waals surface area contributed by atoms with E-state index >= 15 is 0 Å². The van der Waals surface area contributed by atoms with Gasteiger partial charge in [-0.3, -0.25) is 9.69 Å². The summed E-state index contributed by atoms with van der Waals surface area (Å²) in [5.41, 5.74) is 1.63. The monoisotopic (exact) mass is 310 g/mol. The number of carbonyl (C=O) groups excluding carboxylic acids is 1. The number of hydrogen-bond acceptors (Lipinski definition) is 3. The predicted octanol–water partition coefficient (Wildman–Crippen LogP) is 2.68. The summed E-state index contributed by atoms with van der Waals surface area (Å²) in [6, 6.07) is 5.48. The Bertz CT molecular complexity index is 507. The molecule has 1 saturated carbocycles. The molecule has 0 radical (unpaired) electrons. The second kappa shape index (κ2) is 7.25. The van der Waals surface area contributed by atoms with E-state index in [1.54, 1.807) is 6.07 Å². The summed E-state index contributed by atoms with van der Waals surface area (Å²) in [6.07, 6.45) is 2.78. The van der Waals surface area contributed by atoms with Gasteiger partial charge in [0.25, 0.3) is 0 Å². The molecular weight excluding hydrogens is 288 g/mol. The third kappa shape index (κ3) is 4.43. The van der Waals surface area contributed by atoms with Crippen molar-refractivity contribution in [3.05, 3.63) is 28.8 Å². The van der Waals surface area contributed by atoms with Crippen LogP contribution in [0.1, 0.15) is 24.8 Å². The third-order valence-electron chi connectivity index (χ3n) is 4.12. The predicted molar refractivity (Wildman–Crippen MR) is 85.7 cm³/mol. The molecule has 1 aromatic carbocycles. The molecule has 0 spiro atoms. The number of nitrogens with zero attached hydrogens (tertiary/aromatic N) is 1. The number of anilines is 1. The first-order valence-corrected chi connectivity index (χ1v) is 7.76. The van der Waals surface area contributed by atoms with Crippen LogP contribution in [0.3, 0.4) is 0 Å². The van der Waals surface area contributed by atoms with Gasteiger partial charge in [0.2, 0.25) is 5.91 Å². The molecule has 116 valence electrons. The van der Waals surface area contributed by atoms with Gasteiger partial charge in [0.15, 0.2) is 0 Å². The number of halogens is 1. The topological polar surface area (TPSA) is 52.6 Å². The average Bonchev–Trinajstić information content (AvgIpc) is 2.80. The lowest BCUT2D eigenvalue weighted by molar-refractivity contribution is -0.117. The Morgan fingerprint density at radius 1 is 1.48 bits per heavy atom. The lowest BCUT2D eigenvalue weighted by atomic mass is 10.1. The molecule has 5 heteroatoms. The number of carbonyl (C=O) groups is 1. The van der Waals surface area contributed by atoms with Crippen molar-refractivity contribution in [2.24, 2.45) is 5.92 Å². The molecule has 2 unspecified atom stereocenters. The molecule has 0 aliphatic heterocycles. The molecule has 1 aliphatic rings. The van der Waals surface area contributed by atoms with Crippen LogP contribution in [0.4, 0.5) is 5.69 Å². The smallest absolute Gasteiger partial charge is 0.238 e. The summed E-state index contributed by atoms with van der Waals surface area (Å²) in [7, 11) is 1.91. The summed E-state index contributed by atoms with van der Waals surface area (Å²) in [6.45, 7) is 2.95. The molecule has 1 fully saturated rings. The van der Waals surface area contributed by atoms with Gasteiger partial charge in [0, 0.05) is 17.3 Å². The Balaban J connectivity index is 1.85. The van der Waals surface area contributed by atoms with Gasteiger partial charge >= 0.3 is 0 Å². The first kappa shape index (κ1) is 16.3. The van der Waals surface area contributed by atoms with E-state index in [1.807, 2.05) is 31.0 Å². The van der Waals surface area contributed by atoms with E-state index < -0.39 is 0 Å². The summed E-state index contributed by atoms with van der Waals surface area (Å²) >= 11 is 6.04. The number of aliphatic hydroxyl groups excluding tert-OH is 1. The van der Waals surface area contributed by atoms with Crippen molar-refractivity contribution in [2.45, 2.75) is 32.3 Å². The maximum atomic E-state index is 12.1. The molecule has 21 heavy (non-hydrogen) atoms. The van der Waals surface area contributed by atoms with Crippen LogP contribution in [-0.2, 0) is 4.79 Å². The molecule has 2 N–H and O–H groups in total. The van der Waals surface area contributed by atoms with Gasteiger partial charge in [0.1, 0.15) is 0 Å². The molecule has 0 bridgehead atoms. The van der Waals surface area contributed by atoms with Crippen LogP contribution in [0.2, 0.25) is 5.02 Å². The minimum absolute atomic E-state index is 0.0599. The standard InChI is InChI=1S/C16H23ClN2O2/c1-11-13(17)6-4-7-14(11)18-16(21)10-19(2)9-12-5-3-8-15(12)20/h4,6-7,12,15,20H,3,5,8-10H2,1-2H3,(H,18,21). The average molecular weight is 311 g/mol. The molecule has 2 rings (SSSR count). The summed E-state index contributed by atoms with van der Waals surface area (Å²) in [5, 5.41) is 13.4. The molecule has 1 amide bonds. The molecule has 4 nitrogen and oxygen atoms in total. The second-order valence-corrected chi connectivity index (χ2v) is 6.32. The Morgan fingerprint density at radius 2 is 2.24 bits per heavy atom. The molecule has 0 heterocycles. The molecule has 1 aliphatic carbocycles. The number of rotatable bonds is 5. The van der Waals surface area contributed by atoms with Gasteiger partial charge < -0.3 is 10.4 Å². The fourth-order valence-corrected chi connectivity index (χ4v) is 3.05. The molecule has 0 saturated heterocycles. The first-order chi connectivity index (χ1) is 9.97. The van der Waals surface area contributed by atoms with E-state index in [1.165, 1.54) is 0 Å². The summed E-state index contributed by atoms with van der Waals surface area (Å²) in [4.78, 5) is 14.1. The number of aliphatic hydroxyl groups is 1. The Labute approximate surface area is 131 Å². The van der Waals surface area contributed by atoms with Crippen molar-refractivity contribution < 1.29 is 9.90 Å². The van der Waals surface area contributed by atoms with Crippen LogP contribution in [0.15, 0.2) is 18.2 Å². The lowest BCUT2D eigenvalue weighted by Gasteiger charge is -2.22. The summed E-state index contributed by atoms with van der Waals surface area (Å²) < 4.78 is 0. The van der Waals surface area contributed by atoms with Gasteiger partial charge in [-0.15, -0.1) is 0 Å². The highest BCUT2D eigenvalue weighted by Gasteiger charge is 2.26. The molecular formula is C16H23ClN2O2. The van der Waals surface area contributed by atoms with Gasteiger partial charge in [-0.05, 0) is 50.4 Å². The first-order valence-electron chi connectivity index (χ1n) is 7.39. The number of likely N-dealkylation sites (N-methyl/N-ethyl adjacent to an activating group) is 1. The molecule has 2 atom stereocenters. The van der Waals surface area contributed by atoms with E-state index in [4.69, 9.17) is 11.6 Å². The van der Waals surface area contributed by atoms with E-state index in [0.29, 0.717) is 11.6 Å². The van der Waals surface area contributed by atoms with Crippen molar-refractivity contribution in [3.63, 3.8) is 0 Å². The Hall–Kier alpha value is -1.10. The van der Waals surface area contributed by atoms with Crippen LogP contribution in [-0.4, -0.2) is 42.2 Å². The van der Waals surface area contributed by atoms with Gasteiger partial charge in [-0.2, -0.15) is 0 Å². The van der Waals surface area contributed by atoms with Crippen LogP contribution < -0.4 is 5.32 Å². The number of amides is 1. The van der Waals surface area contributed by atoms with Crippen molar-refractivity contribution in [1.29, 1.82) is 0 Å². The van der Waals surface area contributed by atoms with Crippen LogP contribution in [0.25, 0.3) is 0 Å². The van der Waals surface area contributed by atoms with E-state index in [9.17, 15) is 9.90 Å². The zero-order valence-corrected chi connectivity index (χ0v) is 13.4. The van der Waals surface area contributed by atoms with E-state index in [-0.39, 0.29) is 17.9 Å². The Kier molecular flexibility index (Phi) is 5.62. The van der Waals surface area contributed by atoms with Crippen molar-refractivity contribution in [2.75, 3.05) is 25.5 Å². The fourth-order valence-electron chi connectivity index (χ4n) is 2.87. The van der Waals surface area contributed by atoms with Crippen molar-refractivity contribution >= 4 is 23.2 Å². The maximum absolute atomic E-state index is 12.1. The highest BCUT2D eigenvalue weighted by molar-refractivity contribution is 6.31. The quantitative estimate of drug-likeness (QED) is 0.879. The Morgan fingerprint density at radius 3 is 2.90 bits per heavy atom. The van der Waals surface area contributed by atoms with E-state index in [2.05, 4.69) is 5.32 Å². The van der Waals surface area contributed by atoms with Gasteiger partial charge in [-0.1, -0.05) is 24.1 Å². The second-order valence-electron chi connectivity index (χ2n) is 5.92. The van der Waals surface area contributed by atoms with E-state index in [0.717, 1.165) is 37.1 Å². The zero-order chi connectivity index (χ0) is 15.4. The van der Waals surface area contributed by atoms with Crippen molar-refractivity contribution in [1.82, 2.24) is 4.90 Å². The lowest BCUT2D eigenvalue weighted by Crippen LogP contribution is -2.35. The number of hydrogen-bond donors (Lipinski definition) is 2. The van der Waals surface area contributed by atoms with Gasteiger partial charge in [-0.25, -0.2) is 0 Å². The molecule has 1 aromatic rings.